The molecule has 102 valence electrons. The van der Waals surface area contributed by atoms with Crippen LogP contribution in [0.3, 0.4) is 0 Å². The molecule has 1 aromatic carbocycles. The monoisotopic (exact) mass is 275 g/mol. The fourth-order valence-corrected chi connectivity index (χ4v) is 1.44. The van der Waals surface area contributed by atoms with Crippen molar-refractivity contribution in [3.8, 4) is 0 Å². The fraction of sp³-hybridized carbons (Fsp3) is 0.400. The van der Waals surface area contributed by atoms with E-state index in [4.69, 9.17) is 5.73 Å². The second-order valence-electron chi connectivity index (χ2n) is 3.57. The van der Waals surface area contributed by atoms with Gasteiger partial charge in [-0.1, -0.05) is 6.07 Å². The van der Waals surface area contributed by atoms with Crippen molar-refractivity contribution in [1.29, 1.82) is 0 Å². The molecule has 18 heavy (non-hydrogen) atoms. The third-order valence-corrected chi connectivity index (χ3v) is 2.33. The molecule has 1 unspecified atom stereocenters. The van der Waals surface area contributed by atoms with Gasteiger partial charge in [0.15, 0.2) is 0 Å². The van der Waals surface area contributed by atoms with Crippen molar-refractivity contribution >= 4 is 0 Å². The minimum absolute atomic E-state index is 0.139. The van der Waals surface area contributed by atoms with E-state index in [0.29, 0.717) is 12.1 Å². The summed E-state index contributed by atoms with van der Waals surface area (Å²) in [4.78, 5) is 0. The minimum Gasteiger partial charge on any atom is -0.330 e. The smallest absolute Gasteiger partial charge is 0.330 e. The molecule has 0 aliphatic heterocycles. The first kappa shape index (κ1) is 14.7. The van der Waals surface area contributed by atoms with Crippen molar-refractivity contribution < 1.29 is 30.7 Å². The quantitative estimate of drug-likeness (QED) is 0.822. The summed E-state index contributed by atoms with van der Waals surface area (Å²) in [5.41, 5.74) is 2.45. The maximum absolute atomic E-state index is 12.9. The highest BCUT2D eigenvalue weighted by molar-refractivity contribution is 5.30. The molecule has 0 aliphatic rings. The lowest BCUT2D eigenvalue weighted by Gasteiger charge is -2.20. The number of nitrogens with two attached hydrogens (primary N) is 1. The van der Waals surface area contributed by atoms with E-state index in [2.05, 4.69) is 0 Å². The highest BCUT2D eigenvalue weighted by atomic mass is 19.4. The van der Waals surface area contributed by atoms with Crippen molar-refractivity contribution in [3.63, 3.8) is 0 Å². The van der Waals surface area contributed by atoms with E-state index in [1.807, 2.05) is 0 Å². The topological polar surface area (TPSA) is 26.0 Å². The predicted octanol–water partition coefficient (Wildman–Crippen LogP) is 3.45. The summed E-state index contributed by atoms with van der Waals surface area (Å²) < 4.78 is 87.4. The highest BCUT2D eigenvalue weighted by Crippen LogP contribution is 2.38. The molecule has 0 bridgehead atoms. The van der Waals surface area contributed by atoms with Crippen LogP contribution >= 0.6 is 0 Å². The second kappa shape index (κ2) is 4.75. The molecule has 1 nitrogen and oxygen atoms in total. The first-order chi connectivity index (χ1) is 8.07. The van der Waals surface area contributed by atoms with Crippen LogP contribution in [0.2, 0.25) is 0 Å². The zero-order valence-electron chi connectivity index (χ0n) is 8.74. The van der Waals surface area contributed by atoms with Gasteiger partial charge in [-0.3, -0.25) is 0 Å². The van der Waals surface area contributed by atoms with Crippen molar-refractivity contribution in [3.05, 3.63) is 35.1 Å². The second-order valence-corrected chi connectivity index (χ2v) is 3.57. The largest absolute Gasteiger partial charge is 0.419 e. The summed E-state index contributed by atoms with van der Waals surface area (Å²) >= 11 is 0. The zero-order chi connectivity index (χ0) is 14.1. The molecule has 1 aromatic rings. The Kier molecular flexibility index (Phi) is 3.89. The number of benzene rings is 1. The SMILES string of the molecule is NCC(c1ccc(F)c(C(F)(F)F)c1)C(F)(F)F. The lowest BCUT2D eigenvalue weighted by molar-refractivity contribution is -0.149. The first-order valence-corrected chi connectivity index (χ1v) is 4.70. The summed E-state index contributed by atoms with van der Waals surface area (Å²) in [5.74, 6) is -3.87. The van der Waals surface area contributed by atoms with Gasteiger partial charge in [0, 0.05) is 6.54 Å². The molecular formula is C10H8F7N. The fourth-order valence-electron chi connectivity index (χ4n) is 1.44. The summed E-state index contributed by atoms with van der Waals surface area (Å²) in [6.45, 7) is -0.910. The van der Waals surface area contributed by atoms with E-state index in [0.717, 1.165) is 0 Å². The van der Waals surface area contributed by atoms with Gasteiger partial charge < -0.3 is 5.73 Å². The third-order valence-electron chi connectivity index (χ3n) is 2.33. The number of halogens is 7. The van der Waals surface area contributed by atoms with Crippen LogP contribution in [0.15, 0.2) is 18.2 Å². The lowest BCUT2D eigenvalue weighted by Crippen LogP contribution is -2.28. The van der Waals surface area contributed by atoms with E-state index >= 15 is 0 Å². The van der Waals surface area contributed by atoms with Crippen LogP contribution in [0.1, 0.15) is 17.0 Å². The summed E-state index contributed by atoms with van der Waals surface area (Å²) in [6.07, 6.45) is -9.83. The van der Waals surface area contributed by atoms with E-state index < -0.39 is 41.8 Å². The maximum atomic E-state index is 12.9. The molecular weight excluding hydrogens is 267 g/mol. The number of rotatable bonds is 2. The Morgan fingerprint density at radius 3 is 2.00 bits per heavy atom. The van der Waals surface area contributed by atoms with Gasteiger partial charge in [-0.25, -0.2) is 4.39 Å². The Morgan fingerprint density at radius 1 is 1.06 bits per heavy atom. The first-order valence-electron chi connectivity index (χ1n) is 4.70. The van der Waals surface area contributed by atoms with Crippen LogP contribution in [-0.4, -0.2) is 12.7 Å². The van der Waals surface area contributed by atoms with Gasteiger partial charge >= 0.3 is 12.4 Å². The van der Waals surface area contributed by atoms with Crippen LogP contribution in [0, 0.1) is 5.82 Å². The average Bonchev–Trinajstić information content (AvgIpc) is 2.17. The summed E-state index contributed by atoms with van der Waals surface area (Å²) in [5, 5.41) is 0. The summed E-state index contributed by atoms with van der Waals surface area (Å²) in [7, 11) is 0. The molecule has 0 fully saturated rings. The van der Waals surface area contributed by atoms with Crippen molar-refractivity contribution in [2.24, 2.45) is 5.73 Å². The predicted molar refractivity (Wildman–Crippen MR) is 49.3 cm³/mol. The highest BCUT2D eigenvalue weighted by Gasteiger charge is 2.41. The molecule has 2 N–H and O–H groups in total. The van der Waals surface area contributed by atoms with Crippen molar-refractivity contribution in [2.45, 2.75) is 18.3 Å². The number of hydrogen-bond acceptors (Lipinski definition) is 1. The van der Waals surface area contributed by atoms with E-state index in [1.165, 1.54) is 0 Å². The van der Waals surface area contributed by atoms with Crippen LogP contribution < -0.4 is 5.73 Å². The van der Waals surface area contributed by atoms with Crippen LogP contribution in [0.25, 0.3) is 0 Å². The van der Waals surface area contributed by atoms with Gasteiger partial charge in [0.1, 0.15) is 5.82 Å². The molecule has 1 rings (SSSR count). The Bertz CT molecular complexity index is 421. The van der Waals surface area contributed by atoms with Gasteiger partial charge in [-0.15, -0.1) is 0 Å². The Morgan fingerprint density at radius 2 is 1.61 bits per heavy atom. The van der Waals surface area contributed by atoms with Crippen LogP contribution in [-0.2, 0) is 6.18 Å². The van der Waals surface area contributed by atoms with E-state index in [9.17, 15) is 30.7 Å². The zero-order valence-corrected chi connectivity index (χ0v) is 8.74. The molecule has 0 spiro atoms. The van der Waals surface area contributed by atoms with Crippen LogP contribution in [0.4, 0.5) is 30.7 Å². The molecule has 8 heteroatoms. The number of alkyl halides is 6. The molecule has 0 saturated carbocycles. The lowest BCUT2D eigenvalue weighted by atomic mass is 9.96. The average molecular weight is 275 g/mol. The van der Waals surface area contributed by atoms with E-state index in [1.54, 1.807) is 0 Å². The molecule has 0 radical (unpaired) electrons. The molecule has 1 atom stereocenters. The van der Waals surface area contributed by atoms with Gasteiger partial charge in [-0.05, 0) is 17.7 Å². The minimum atomic E-state index is -5.05. The van der Waals surface area contributed by atoms with Crippen molar-refractivity contribution in [1.82, 2.24) is 0 Å². The third kappa shape index (κ3) is 3.12. The summed E-state index contributed by atoms with van der Waals surface area (Å²) in [6, 6.07) is 1.14. The Hall–Kier alpha value is -1.31. The van der Waals surface area contributed by atoms with Crippen molar-refractivity contribution in [2.75, 3.05) is 6.54 Å². The normalized spacial score (nSPS) is 14.7. The van der Waals surface area contributed by atoms with Gasteiger partial charge in [0.05, 0.1) is 11.5 Å². The molecule has 0 saturated heterocycles. The standard InChI is InChI=1S/C10H8F7N/c11-8-2-1-5(3-6(8)9(12,13)14)7(4-18)10(15,16)17/h1-3,7H,4,18H2. The van der Waals surface area contributed by atoms with E-state index in [-0.39, 0.29) is 6.07 Å². The van der Waals surface area contributed by atoms with Gasteiger partial charge in [0.25, 0.3) is 0 Å². The molecule has 0 heterocycles. The number of hydrogen-bond donors (Lipinski definition) is 1. The van der Waals surface area contributed by atoms with Gasteiger partial charge in [-0.2, -0.15) is 26.3 Å². The van der Waals surface area contributed by atoms with Crippen LogP contribution in [0.5, 0.6) is 0 Å². The Labute approximate surface area is 97.4 Å². The Balaban J connectivity index is 3.28. The molecule has 0 aromatic heterocycles. The van der Waals surface area contributed by atoms with Gasteiger partial charge in [0.2, 0.25) is 0 Å². The molecule has 0 aliphatic carbocycles. The molecule has 0 amide bonds. The maximum Gasteiger partial charge on any atom is 0.419 e.